The molecule has 1 aromatic heterocycles. The molecule has 0 fully saturated rings. The number of nitrogens with two attached hydrogens (primary N) is 1. The third kappa shape index (κ3) is 3.50. The molecule has 0 amide bonds. The monoisotopic (exact) mass is 289 g/mol. The smallest absolute Gasteiger partial charge is 0.238 e. The van der Waals surface area contributed by atoms with E-state index in [1.54, 1.807) is 12.1 Å². The molecule has 0 unspecified atom stereocenters. The highest BCUT2D eigenvalue weighted by atomic mass is 32.2. The molecule has 8 heteroatoms. The molecule has 1 aromatic carbocycles. The number of aromatic nitrogens is 2. The van der Waals surface area contributed by atoms with Gasteiger partial charge in [-0.3, -0.25) is 0 Å². The van der Waals surface area contributed by atoms with E-state index in [9.17, 15) is 8.42 Å². The molecular weight excluding hydrogens is 278 g/mol. The molecule has 0 aliphatic rings. The fraction of sp³-hybridized carbons (Fsp3) is 0.0833. The minimum absolute atomic E-state index is 0.0592. The average Bonchev–Trinajstić information content (AvgIpc) is 2.45. The van der Waals surface area contributed by atoms with Crippen LogP contribution in [0.1, 0.15) is 11.3 Å². The lowest BCUT2D eigenvalue weighted by atomic mass is 10.2. The second-order valence-electron chi connectivity index (χ2n) is 3.92. The Hall–Kier alpha value is -2.50. The number of nitrogens with zero attached hydrogens (tertiary/aromatic N) is 3. The Morgan fingerprint density at radius 1 is 1.25 bits per heavy atom. The van der Waals surface area contributed by atoms with Gasteiger partial charge in [-0.15, -0.1) is 0 Å². The molecule has 0 atom stereocenters. The van der Waals surface area contributed by atoms with Gasteiger partial charge in [-0.05, 0) is 23.8 Å². The fourth-order valence-electron chi connectivity index (χ4n) is 1.48. The molecule has 0 saturated carbocycles. The molecule has 0 aliphatic heterocycles. The molecule has 2 rings (SSSR count). The Labute approximate surface area is 116 Å². The summed E-state index contributed by atoms with van der Waals surface area (Å²) in [6, 6.07) is 9.56. The number of rotatable bonds is 4. The van der Waals surface area contributed by atoms with Gasteiger partial charge in [0.2, 0.25) is 16.0 Å². The Bertz CT molecular complexity index is 750. The summed E-state index contributed by atoms with van der Waals surface area (Å²) in [4.78, 5) is 7.99. The summed E-state index contributed by atoms with van der Waals surface area (Å²) in [5, 5.41) is 16.7. The predicted octanol–water partition coefficient (Wildman–Crippen LogP) is 0.608. The Morgan fingerprint density at radius 3 is 2.55 bits per heavy atom. The lowest BCUT2D eigenvalue weighted by molar-refractivity contribution is 0.598. The fourth-order valence-corrected chi connectivity index (χ4v) is 2.00. The molecular formula is C12H11N5O2S. The van der Waals surface area contributed by atoms with Crippen LogP contribution in [-0.4, -0.2) is 18.4 Å². The van der Waals surface area contributed by atoms with Gasteiger partial charge in [0, 0.05) is 12.7 Å². The van der Waals surface area contributed by atoms with Crippen molar-refractivity contribution in [1.29, 1.82) is 5.26 Å². The van der Waals surface area contributed by atoms with E-state index in [0.29, 0.717) is 12.5 Å². The molecule has 20 heavy (non-hydrogen) atoms. The zero-order chi connectivity index (χ0) is 14.6. The molecule has 3 N–H and O–H groups in total. The van der Waals surface area contributed by atoms with Crippen LogP contribution in [0.2, 0.25) is 0 Å². The number of benzene rings is 1. The zero-order valence-electron chi connectivity index (χ0n) is 10.3. The van der Waals surface area contributed by atoms with Gasteiger partial charge in [0.15, 0.2) is 0 Å². The van der Waals surface area contributed by atoms with Crippen molar-refractivity contribution in [2.24, 2.45) is 5.14 Å². The van der Waals surface area contributed by atoms with Crippen molar-refractivity contribution >= 4 is 16.0 Å². The predicted molar refractivity (Wildman–Crippen MR) is 71.9 cm³/mol. The van der Waals surface area contributed by atoms with E-state index in [2.05, 4.69) is 15.3 Å². The summed E-state index contributed by atoms with van der Waals surface area (Å²) in [5.74, 6) is 0.333. The molecule has 102 valence electrons. The topological polar surface area (TPSA) is 122 Å². The number of anilines is 1. The van der Waals surface area contributed by atoms with E-state index in [-0.39, 0.29) is 10.6 Å². The number of hydrogen-bond acceptors (Lipinski definition) is 6. The van der Waals surface area contributed by atoms with Crippen molar-refractivity contribution in [1.82, 2.24) is 9.97 Å². The highest BCUT2D eigenvalue weighted by Gasteiger charge is 2.06. The molecule has 7 nitrogen and oxygen atoms in total. The second-order valence-corrected chi connectivity index (χ2v) is 5.48. The third-order valence-corrected chi connectivity index (χ3v) is 3.40. The summed E-state index contributed by atoms with van der Waals surface area (Å²) < 4.78 is 22.2. The van der Waals surface area contributed by atoms with E-state index >= 15 is 0 Å². The van der Waals surface area contributed by atoms with Crippen LogP contribution in [-0.2, 0) is 16.6 Å². The number of nitrogens with one attached hydrogen (secondary N) is 1. The maximum atomic E-state index is 11.1. The highest BCUT2D eigenvalue weighted by molar-refractivity contribution is 7.89. The van der Waals surface area contributed by atoms with Gasteiger partial charge in [-0.1, -0.05) is 12.1 Å². The largest absolute Gasteiger partial charge is 0.350 e. The Kier molecular flexibility index (Phi) is 3.93. The summed E-state index contributed by atoms with van der Waals surface area (Å²) in [6.07, 6.45) is 1.48. The normalized spacial score (nSPS) is 10.8. The summed E-state index contributed by atoms with van der Waals surface area (Å²) >= 11 is 0. The maximum Gasteiger partial charge on any atom is 0.238 e. The van der Waals surface area contributed by atoms with Crippen LogP contribution in [0.3, 0.4) is 0 Å². The van der Waals surface area contributed by atoms with Gasteiger partial charge >= 0.3 is 0 Å². The molecule has 0 saturated heterocycles. The third-order valence-electron chi connectivity index (χ3n) is 2.47. The van der Waals surface area contributed by atoms with Crippen LogP contribution in [0.15, 0.2) is 41.4 Å². The first-order valence-corrected chi connectivity index (χ1v) is 7.12. The lowest BCUT2D eigenvalue weighted by Gasteiger charge is -2.05. The number of nitriles is 1. The van der Waals surface area contributed by atoms with Crippen LogP contribution in [0.4, 0.5) is 5.95 Å². The highest BCUT2D eigenvalue weighted by Crippen LogP contribution is 2.10. The summed E-state index contributed by atoms with van der Waals surface area (Å²) in [7, 11) is -3.68. The van der Waals surface area contributed by atoms with Gasteiger partial charge < -0.3 is 5.32 Å². The van der Waals surface area contributed by atoms with Gasteiger partial charge in [-0.25, -0.2) is 23.5 Å². The van der Waals surface area contributed by atoms with Crippen molar-refractivity contribution in [3.05, 3.63) is 47.8 Å². The first-order chi connectivity index (χ1) is 9.49. The van der Waals surface area contributed by atoms with Crippen LogP contribution in [0.25, 0.3) is 0 Å². The van der Waals surface area contributed by atoms with Crippen LogP contribution in [0.5, 0.6) is 0 Å². The number of primary sulfonamides is 1. The number of hydrogen-bond donors (Lipinski definition) is 2. The van der Waals surface area contributed by atoms with Gasteiger partial charge in [0.1, 0.15) is 11.8 Å². The van der Waals surface area contributed by atoms with E-state index in [0.717, 1.165) is 5.56 Å². The first-order valence-electron chi connectivity index (χ1n) is 5.58. The van der Waals surface area contributed by atoms with Crippen molar-refractivity contribution < 1.29 is 8.42 Å². The Morgan fingerprint density at radius 2 is 1.95 bits per heavy atom. The Balaban J connectivity index is 2.06. The minimum atomic E-state index is -3.68. The second kappa shape index (κ2) is 5.64. The summed E-state index contributed by atoms with van der Waals surface area (Å²) in [5.41, 5.74) is 1.11. The van der Waals surface area contributed by atoms with E-state index in [1.165, 1.54) is 24.4 Å². The van der Waals surface area contributed by atoms with Crippen molar-refractivity contribution in [3.63, 3.8) is 0 Å². The molecule has 2 aromatic rings. The SMILES string of the molecule is N#Cc1ccnc(NCc2ccc(S(N)(=O)=O)cc2)n1. The minimum Gasteiger partial charge on any atom is -0.350 e. The van der Waals surface area contributed by atoms with Gasteiger partial charge in [-0.2, -0.15) is 5.26 Å². The maximum absolute atomic E-state index is 11.1. The number of sulfonamides is 1. The lowest BCUT2D eigenvalue weighted by Crippen LogP contribution is -2.12. The van der Waals surface area contributed by atoms with Crippen LogP contribution < -0.4 is 10.5 Å². The molecule has 0 spiro atoms. The zero-order valence-corrected chi connectivity index (χ0v) is 11.1. The summed E-state index contributed by atoms with van der Waals surface area (Å²) in [6.45, 7) is 0.403. The molecule has 0 bridgehead atoms. The van der Waals surface area contributed by atoms with Crippen LogP contribution in [0, 0.1) is 11.3 Å². The van der Waals surface area contributed by atoms with Gasteiger partial charge in [0.25, 0.3) is 0 Å². The van der Waals surface area contributed by atoms with E-state index in [1.807, 2.05) is 6.07 Å². The molecule has 1 heterocycles. The quantitative estimate of drug-likeness (QED) is 0.850. The van der Waals surface area contributed by atoms with Crippen molar-refractivity contribution in [2.75, 3.05) is 5.32 Å². The molecule has 0 aliphatic carbocycles. The van der Waals surface area contributed by atoms with Crippen molar-refractivity contribution in [3.8, 4) is 6.07 Å². The van der Waals surface area contributed by atoms with E-state index < -0.39 is 10.0 Å². The van der Waals surface area contributed by atoms with Crippen molar-refractivity contribution in [2.45, 2.75) is 11.4 Å². The van der Waals surface area contributed by atoms with Gasteiger partial charge in [0.05, 0.1) is 4.90 Å². The first kappa shape index (κ1) is 13.9. The van der Waals surface area contributed by atoms with E-state index in [4.69, 9.17) is 10.4 Å². The standard InChI is InChI=1S/C12H11N5O2S/c13-7-10-5-6-15-12(17-10)16-8-9-1-3-11(4-2-9)20(14,18)19/h1-6H,8H2,(H2,14,18,19)(H,15,16,17). The molecule has 0 radical (unpaired) electrons. The average molecular weight is 289 g/mol. The van der Waals surface area contributed by atoms with Crippen LogP contribution >= 0.6 is 0 Å².